The molecule has 0 saturated heterocycles. The van der Waals surface area contributed by atoms with Crippen LogP contribution in [0.2, 0.25) is 0 Å². The number of nitrogens with zero attached hydrogens (tertiary/aromatic N) is 3. The summed E-state index contributed by atoms with van der Waals surface area (Å²) in [5, 5.41) is 3.45. The highest BCUT2D eigenvalue weighted by molar-refractivity contribution is 7.89. The van der Waals surface area contributed by atoms with Gasteiger partial charge in [-0.2, -0.15) is 4.72 Å². The van der Waals surface area contributed by atoms with E-state index in [-0.39, 0.29) is 23.1 Å². The van der Waals surface area contributed by atoms with Gasteiger partial charge in [-0.05, 0) is 49.9 Å². The molecule has 9 nitrogen and oxygen atoms in total. The Morgan fingerprint density at radius 1 is 1.11 bits per heavy atom. The fraction of sp³-hybridized carbons (Fsp3) is 0.519. The molecule has 0 aliphatic heterocycles. The summed E-state index contributed by atoms with van der Waals surface area (Å²) in [6.07, 6.45) is 2.64. The zero-order chi connectivity index (χ0) is 27.9. The molecule has 2 aromatic heterocycles. The van der Waals surface area contributed by atoms with Crippen LogP contribution in [0.1, 0.15) is 57.7 Å². The maximum atomic E-state index is 13.6. The summed E-state index contributed by atoms with van der Waals surface area (Å²) in [4.78, 5) is 35.0. The first-order chi connectivity index (χ1) is 18.0. The van der Waals surface area contributed by atoms with Gasteiger partial charge in [0, 0.05) is 30.4 Å². The van der Waals surface area contributed by atoms with Crippen molar-refractivity contribution in [3.63, 3.8) is 0 Å². The summed E-state index contributed by atoms with van der Waals surface area (Å²) < 4.78 is 34.7. The zero-order valence-corrected chi connectivity index (χ0v) is 24.4. The average molecular weight is 563 g/mol. The number of carbonyl (C=O) groups excluding carboxylic acids is 2. The maximum absolute atomic E-state index is 13.6. The van der Waals surface area contributed by atoms with Crippen LogP contribution in [0.4, 0.5) is 0 Å². The number of amides is 2. The Bertz CT molecular complexity index is 1330. The SMILES string of the molecule is CCCN(CCC)C(=O)[C@H](CC(=O)N(Cc1csc(C)n1)CC(C)C)NS(=O)(=O)c1ccc2occc2c1. The molecule has 0 bridgehead atoms. The lowest BCUT2D eigenvalue weighted by molar-refractivity contribution is -0.139. The summed E-state index contributed by atoms with van der Waals surface area (Å²) in [5.74, 6) is -0.518. The topological polar surface area (TPSA) is 113 Å². The standard InChI is InChI=1S/C27H38N4O5S2/c1-6-11-30(12-7-2)27(33)24(29-38(34,35)23-8-9-25-21(14-23)10-13-36-25)15-26(32)31(16-19(3)4)17-22-18-37-20(5)28-22/h8-10,13-14,18-19,24,29H,6-7,11-12,15-17H2,1-5H3/t24-/m0/s1. The van der Waals surface area contributed by atoms with Crippen LogP contribution in [0.5, 0.6) is 0 Å². The number of benzene rings is 1. The van der Waals surface area contributed by atoms with Crippen LogP contribution in [-0.2, 0) is 26.2 Å². The van der Waals surface area contributed by atoms with Crippen molar-refractivity contribution in [2.45, 2.75) is 71.4 Å². The van der Waals surface area contributed by atoms with Crippen molar-refractivity contribution < 1.29 is 22.4 Å². The third kappa shape index (κ3) is 7.87. The molecule has 1 aromatic carbocycles. The van der Waals surface area contributed by atoms with E-state index in [1.165, 1.54) is 29.7 Å². The molecule has 0 unspecified atom stereocenters. The van der Waals surface area contributed by atoms with E-state index in [1.54, 1.807) is 21.9 Å². The van der Waals surface area contributed by atoms with Crippen LogP contribution in [-0.4, -0.2) is 60.7 Å². The summed E-state index contributed by atoms with van der Waals surface area (Å²) >= 11 is 1.51. The van der Waals surface area contributed by atoms with Crippen molar-refractivity contribution in [2.24, 2.45) is 5.92 Å². The van der Waals surface area contributed by atoms with Crippen LogP contribution >= 0.6 is 11.3 Å². The minimum atomic E-state index is -4.11. The third-order valence-electron chi connectivity index (χ3n) is 5.96. The Hall–Kier alpha value is -2.76. The quantitative estimate of drug-likeness (QED) is 0.308. The molecule has 208 valence electrons. The van der Waals surface area contributed by atoms with E-state index >= 15 is 0 Å². The van der Waals surface area contributed by atoms with Crippen molar-refractivity contribution in [2.75, 3.05) is 19.6 Å². The van der Waals surface area contributed by atoms with Crippen molar-refractivity contribution >= 4 is 44.1 Å². The Balaban J connectivity index is 1.90. The van der Waals surface area contributed by atoms with E-state index in [0.29, 0.717) is 37.1 Å². The number of fused-ring (bicyclic) bond motifs is 1. The van der Waals surface area contributed by atoms with Crippen molar-refractivity contribution in [1.82, 2.24) is 19.5 Å². The Morgan fingerprint density at radius 2 is 1.82 bits per heavy atom. The molecule has 0 fully saturated rings. The first kappa shape index (κ1) is 29.8. The number of aromatic nitrogens is 1. The molecule has 0 aliphatic carbocycles. The second-order valence-electron chi connectivity index (χ2n) is 9.85. The average Bonchev–Trinajstić information content (AvgIpc) is 3.50. The first-order valence-electron chi connectivity index (χ1n) is 13.0. The summed E-state index contributed by atoms with van der Waals surface area (Å²) in [6.45, 7) is 11.6. The van der Waals surface area contributed by atoms with Gasteiger partial charge in [-0.3, -0.25) is 9.59 Å². The zero-order valence-electron chi connectivity index (χ0n) is 22.8. The Kier molecular flexibility index (Phi) is 10.5. The lowest BCUT2D eigenvalue weighted by atomic mass is 10.1. The van der Waals surface area contributed by atoms with Gasteiger partial charge in [0.25, 0.3) is 0 Å². The summed E-state index contributed by atoms with van der Waals surface area (Å²) in [7, 11) is -4.11. The van der Waals surface area contributed by atoms with Gasteiger partial charge in [-0.1, -0.05) is 27.7 Å². The molecule has 38 heavy (non-hydrogen) atoms. The first-order valence-corrected chi connectivity index (χ1v) is 15.4. The molecular formula is C27H38N4O5S2. The predicted molar refractivity (Wildman–Crippen MR) is 149 cm³/mol. The number of hydrogen-bond acceptors (Lipinski definition) is 7. The van der Waals surface area contributed by atoms with Crippen molar-refractivity contribution in [3.8, 4) is 0 Å². The number of carbonyl (C=O) groups is 2. The molecule has 0 radical (unpaired) electrons. The highest BCUT2D eigenvalue weighted by atomic mass is 32.2. The minimum Gasteiger partial charge on any atom is -0.464 e. The second kappa shape index (κ2) is 13.3. The monoisotopic (exact) mass is 562 g/mol. The number of aryl methyl sites for hydroxylation is 1. The van der Waals surface area contributed by atoms with Crippen LogP contribution in [0.3, 0.4) is 0 Å². The number of nitrogens with one attached hydrogen (secondary N) is 1. The molecule has 1 atom stereocenters. The van der Waals surface area contributed by atoms with Crippen LogP contribution < -0.4 is 4.72 Å². The summed E-state index contributed by atoms with van der Waals surface area (Å²) in [6, 6.07) is 4.94. The van der Waals surface area contributed by atoms with Crippen LogP contribution in [0.15, 0.2) is 45.2 Å². The van der Waals surface area contributed by atoms with E-state index in [1.807, 2.05) is 40.0 Å². The molecule has 3 aromatic rings. The molecule has 2 amide bonds. The smallest absolute Gasteiger partial charge is 0.241 e. The van der Waals surface area contributed by atoms with Gasteiger partial charge in [0.1, 0.15) is 11.6 Å². The van der Waals surface area contributed by atoms with Gasteiger partial charge in [0.2, 0.25) is 21.8 Å². The Labute approximate surface area is 229 Å². The van der Waals surface area contributed by atoms with Gasteiger partial charge in [0.15, 0.2) is 0 Å². The summed E-state index contributed by atoms with van der Waals surface area (Å²) in [5.41, 5.74) is 1.34. The predicted octanol–water partition coefficient (Wildman–Crippen LogP) is 4.57. The van der Waals surface area contributed by atoms with Gasteiger partial charge in [-0.25, -0.2) is 13.4 Å². The van der Waals surface area contributed by atoms with E-state index in [0.717, 1.165) is 23.5 Å². The number of hydrogen-bond donors (Lipinski definition) is 1. The van der Waals surface area contributed by atoms with Gasteiger partial charge in [0.05, 0.1) is 34.8 Å². The molecule has 11 heteroatoms. The molecule has 0 spiro atoms. The van der Waals surface area contributed by atoms with Gasteiger partial charge < -0.3 is 14.2 Å². The molecular weight excluding hydrogens is 524 g/mol. The molecule has 2 heterocycles. The molecule has 1 N–H and O–H groups in total. The molecule has 0 aliphatic rings. The largest absolute Gasteiger partial charge is 0.464 e. The van der Waals surface area contributed by atoms with Gasteiger partial charge >= 0.3 is 0 Å². The van der Waals surface area contributed by atoms with Crippen LogP contribution in [0, 0.1) is 12.8 Å². The van der Waals surface area contributed by atoms with E-state index in [2.05, 4.69) is 9.71 Å². The highest BCUT2D eigenvalue weighted by Crippen LogP contribution is 2.21. The fourth-order valence-corrected chi connectivity index (χ4v) is 6.14. The second-order valence-corrected chi connectivity index (χ2v) is 12.6. The van der Waals surface area contributed by atoms with E-state index in [9.17, 15) is 18.0 Å². The number of furan rings is 1. The number of sulfonamides is 1. The van der Waals surface area contributed by atoms with Crippen molar-refractivity contribution in [1.29, 1.82) is 0 Å². The lowest BCUT2D eigenvalue weighted by Gasteiger charge is -2.29. The van der Waals surface area contributed by atoms with Crippen LogP contribution in [0.25, 0.3) is 11.0 Å². The van der Waals surface area contributed by atoms with Gasteiger partial charge in [-0.15, -0.1) is 11.3 Å². The normalized spacial score (nSPS) is 12.7. The van der Waals surface area contributed by atoms with E-state index in [4.69, 9.17) is 4.42 Å². The number of rotatable bonds is 14. The third-order valence-corrected chi connectivity index (χ3v) is 8.26. The lowest BCUT2D eigenvalue weighted by Crippen LogP contribution is -2.51. The van der Waals surface area contributed by atoms with Crippen molar-refractivity contribution in [3.05, 3.63) is 46.6 Å². The Morgan fingerprint density at radius 3 is 2.42 bits per heavy atom. The fourth-order valence-electron chi connectivity index (χ4n) is 4.31. The minimum absolute atomic E-state index is 0.00571. The maximum Gasteiger partial charge on any atom is 0.241 e. The molecule has 3 rings (SSSR count). The number of thiazole rings is 1. The highest BCUT2D eigenvalue weighted by Gasteiger charge is 2.33. The van der Waals surface area contributed by atoms with E-state index < -0.39 is 22.0 Å². The molecule has 0 saturated carbocycles.